The third kappa shape index (κ3) is 4.86. The SMILES string of the molecule is C=CNc1nc(/C=C(O)/C(=C/C)SC)nc2ccccc12.CC. The van der Waals surface area contributed by atoms with Crippen molar-refractivity contribution in [3.05, 3.63) is 59.6 Å². The van der Waals surface area contributed by atoms with E-state index in [9.17, 15) is 5.11 Å². The van der Waals surface area contributed by atoms with Crippen LogP contribution in [0.5, 0.6) is 0 Å². The van der Waals surface area contributed by atoms with E-state index in [4.69, 9.17) is 0 Å². The third-order valence-corrected chi connectivity index (χ3v) is 3.74. The van der Waals surface area contributed by atoms with Crippen LogP contribution in [0.2, 0.25) is 0 Å². The van der Waals surface area contributed by atoms with Gasteiger partial charge in [0, 0.05) is 16.4 Å². The number of thioether (sulfide) groups is 1. The Morgan fingerprint density at radius 2 is 1.96 bits per heavy atom. The maximum atomic E-state index is 10.1. The molecular formula is C18H23N3OS. The first kappa shape index (κ1) is 18.8. The van der Waals surface area contributed by atoms with Gasteiger partial charge in [-0.1, -0.05) is 38.6 Å². The average Bonchev–Trinajstić information content (AvgIpc) is 2.58. The van der Waals surface area contributed by atoms with Crippen LogP contribution >= 0.6 is 11.8 Å². The number of hydrogen-bond acceptors (Lipinski definition) is 5. The molecule has 4 nitrogen and oxygen atoms in total. The molecule has 2 rings (SSSR count). The first-order chi connectivity index (χ1) is 11.2. The fraction of sp³-hybridized carbons (Fsp3) is 0.222. The molecule has 0 unspecified atom stereocenters. The molecule has 23 heavy (non-hydrogen) atoms. The van der Waals surface area contributed by atoms with E-state index in [1.807, 2.05) is 57.4 Å². The number of benzene rings is 1. The predicted molar refractivity (Wildman–Crippen MR) is 103 cm³/mol. The average molecular weight is 329 g/mol. The fourth-order valence-electron chi connectivity index (χ4n) is 1.93. The standard InChI is InChI=1S/C16H17N3OS.C2H6/c1-4-14(21-3)13(20)10-15-18-12-9-7-6-8-11(12)16(19-15)17-5-2;1-2/h4-10,20H,2H2,1,3H3,(H,17,18,19);1-2H3/b13-10-,14-4-;. The number of rotatable bonds is 5. The van der Waals surface area contributed by atoms with Crippen molar-refractivity contribution >= 4 is 34.6 Å². The smallest absolute Gasteiger partial charge is 0.158 e. The van der Waals surface area contributed by atoms with Gasteiger partial charge in [-0.15, -0.1) is 11.8 Å². The van der Waals surface area contributed by atoms with E-state index in [1.54, 1.807) is 12.3 Å². The molecule has 0 spiro atoms. The molecule has 0 saturated carbocycles. The van der Waals surface area contributed by atoms with Gasteiger partial charge in [0.05, 0.1) is 5.52 Å². The Hall–Kier alpha value is -2.27. The zero-order chi connectivity index (χ0) is 17.2. The van der Waals surface area contributed by atoms with Crippen LogP contribution in [0.25, 0.3) is 17.0 Å². The number of nitrogens with one attached hydrogen (secondary N) is 1. The summed E-state index contributed by atoms with van der Waals surface area (Å²) in [6.07, 6.45) is 6.89. The summed E-state index contributed by atoms with van der Waals surface area (Å²) < 4.78 is 0. The van der Waals surface area contributed by atoms with E-state index < -0.39 is 0 Å². The van der Waals surface area contributed by atoms with E-state index >= 15 is 0 Å². The molecule has 1 heterocycles. The normalized spacial score (nSPS) is 11.7. The number of aliphatic hydroxyl groups excluding tert-OH is 1. The summed E-state index contributed by atoms with van der Waals surface area (Å²) in [5.41, 5.74) is 0.807. The van der Waals surface area contributed by atoms with Gasteiger partial charge in [0.1, 0.15) is 11.6 Å². The van der Waals surface area contributed by atoms with Crippen molar-refractivity contribution in [3.8, 4) is 0 Å². The van der Waals surface area contributed by atoms with Crippen molar-refractivity contribution in [1.82, 2.24) is 9.97 Å². The molecule has 0 amide bonds. The van der Waals surface area contributed by atoms with Crippen LogP contribution in [0, 0.1) is 0 Å². The van der Waals surface area contributed by atoms with Crippen molar-refractivity contribution in [1.29, 1.82) is 0 Å². The van der Waals surface area contributed by atoms with Crippen LogP contribution in [0.4, 0.5) is 5.82 Å². The molecule has 0 saturated heterocycles. The number of para-hydroxylation sites is 1. The topological polar surface area (TPSA) is 58.0 Å². The largest absolute Gasteiger partial charge is 0.507 e. The van der Waals surface area contributed by atoms with Crippen LogP contribution in [0.15, 0.2) is 53.8 Å². The number of allylic oxidation sites excluding steroid dienone is 1. The van der Waals surface area contributed by atoms with E-state index in [0.717, 1.165) is 15.8 Å². The number of anilines is 1. The number of aromatic nitrogens is 2. The fourth-order valence-corrected chi connectivity index (χ4v) is 2.43. The summed E-state index contributed by atoms with van der Waals surface area (Å²) in [5, 5.41) is 14.0. The minimum Gasteiger partial charge on any atom is -0.507 e. The molecule has 122 valence electrons. The Kier molecular flexibility index (Phi) is 7.91. The van der Waals surface area contributed by atoms with Gasteiger partial charge in [0.15, 0.2) is 5.82 Å². The predicted octanol–water partition coefficient (Wildman–Crippen LogP) is 5.38. The summed E-state index contributed by atoms with van der Waals surface area (Å²) in [5.74, 6) is 1.27. The highest BCUT2D eigenvalue weighted by Crippen LogP contribution is 2.23. The van der Waals surface area contributed by atoms with Gasteiger partial charge in [-0.2, -0.15) is 0 Å². The van der Waals surface area contributed by atoms with Crippen molar-refractivity contribution < 1.29 is 5.11 Å². The maximum Gasteiger partial charge on any atom is 0.158 e. The van der Waals surface area contributed by atoms with Gasteiger partial charge in [-0.05, 0) is 31.5 Å². The van der Waals surface area contributed by atoms with Gasteiger partial charge in [-0.25, -0.2) is 9.97 Å². The first-order valence-electron chi connectivity index (χ1n) is 7.45. The zero-order valence-electron chi connectivity index (χ0n) is 14.0. The Balaban J connectivity index is 0.00000127. The lowest BCUT2D eigenvalue weighted by Crippen LogP contribution is -1.98. The molecular weight excluding hydrogens is 306 g/mol. The minimum atomic E-state index is 0.157. The molecule has 1 aromatic heterocycles. The van der Waals surface area contributed by atoms with E-state index in [2.05, 4.69) is 21.9 Å². The van der Waals surface area contributed by atoms with Crippen molar-refractivity contribution in [3.63, 3.8) is 0 Å². The Labute approximate surface area is 142 Å². The highest BCUT2D eigenvalue weighted by molar-refractivity contribution is 8.02. The molecule has 0 bridgehead atoms. The quantitative estimate of drug-likeness (QED) is 0.570. The summed E-state index contributed by atoms with van der Waals surface area (Å²) >= 11 is 1.47. The molecule has 0 aliphatic rings. The monoisotopic (exact) mass is 329 g/mol. The molecule has 2 aromatic rings. The molecule has 0 fully saturated rings. The number of aliphatic hydroxyl groups is 1. The highest BCUT2D eigenvalue weighted by atomic mass is 32.2. The lowest BCUT2D eigenvalue weighted by molar-refractivity contribution is 0.435. The Bertz CT molecular complexity index is 723. The third-order valence-electron chi connectivity index (χ3n) is 2.86. The minimum absolute atomic E-state index is 0.157. The summed E-state index contributed by atoms with van der Waals surface area (Å²) in [4.78, 5) is 9.65. The summed E-state index contributed by atoms with van der Waals surface area (Å²) in [7, 11) is 0. The molecule has 0 aliphatic heterocycles. The van der Waals surface area contributed by atoms with Gasteiger partial charge < -0.3 is 10.4 Å². The Morgan fingerprint density at radius 3 is 2.57 bits per heavy atom. The molecule has 0 atom stereocenters. The van der Waals surface area contributed by atoms with Crippen molar-refractivity contribution in [2.45, 2.75) is 20.8 Å². The van der Waals surface area contributed by atoms with Gasteiger partial charge in [-0.3, -0.25) is 0 Å². The van der Waals surface area contributed by atoms with Gasteiger partial charge in [0.2, 0.25) is 0 Å². The second-order valence-electron chi connectivity index (χ2n) is 4.18. The van der Waals surface area contributed by atoms with E-state index in [-0.39, 0.29) is 5.76 Å². The van der Waals surface area contributed by atoms with Crippen LogP contribution in [0.1, 0.15) is 26.6 Å². The second-order valence-corrected chi connectivity index (χ2v) is 5.03. The van der Waals surface area contributed by atoms with Crippen molar-refractivity contribution in [2.24, 2.45) is 0 Å². The number of hydrogen-bond donors (Lipinski definition) is 2. The van der Waals surface area contributed by atoms with E-state index in [0.29, 0.717) is 11.6 Å². The second kappa shape index (κ2) is 9.69. The number of nitrogens with zero attached hydrogens (tertiary/aromatic N) is 2. The molecule has 0 radical (unpaired) electrons. The van der Waals surface area contributed by atoms with Crippen LogP contribution in [0.3, 0.4) is 0 Å². The zero-order valence-corrected chi connectivity index (χ0v) is 14.8. The van der Waals surface area contributed by atoms with Crippen LogP contribution in [-0.4, -0.2) is 21.3 Å². The Morgan fingerprint density at radius 1 is 1.26 bits per heavy atom. The highest BCUT2D eigenvalue weighted by Gasteiger charge is 2.07. The van der Waals surface area contributed by atoms with Gasteiger partial charge in [0.25, 0.3) is 0 Å². The molecule has 5 heteroatoms. The summed E-state index contributed by atoms with van der Waals surface area (Å²) in [6.45, 7) is 9.54. The molecule has 0 aliphatic carbocycles. The number of fused-ring (bicyclic) bond motifs is 1. The molecule has 1 aromatic carbocycles. The lowest BCUT2D eigenvalue weighted by atomic mass is 10.2. The van der Waals surface area contributed by atoms with Gasteiger partial charge >= 0.3 is 0 Å². The van der Waals surface area contributed by atoms with E-state index in [1.165, 1.54) is 11.8 Å². The van der Waals surface area contributed by atoms with Crippen molar-refractivity contribution in [2.75, 3.05) is 11.6 Å². The van der Waals surface area contributed by atoms with Crippen LogP contribution < -0.4 is 5.32 Å². The molecule has 2 N–H and O–H groups in total. The first-order valence-corrected chi connectivity index (χ1v) is 8.67. The van der Waals surface area contributed by atoms with Crippen LogP contribution in [-0.2, 0) is 0 Å². The lowest BCUT2D eigenvalue weighted by Gasteiger charge is -2.07. The maximum absolute atomic E-state index is 10.1. The summed E-state index contributed by atoms with van der Waals surface area (Å²) in [6, 6.07) is 7.69.